The standard InChI is InChI=1S/C12H10BrF2NS/c1-16-5-7-4-10(17-6-7)11-9(14)3-2-8(13)12(11)15/h2-4,6,16H,5H2,1H3. The second-order valence-electron chi connectivity index (χ2n) is 3.57. The first-order chi connectivity index (χ1) is 8.13. The number of rotatable bonds is 3. The van der Waals surface area contributed by atoms with Crippen LogP contribution in [0.4, 0.5) is 8.78 Å². The Hall–Kier alpha value is -0.780. The molecule has 0 saturated carbocycles. The van der Waals surface area contributed by atoms with Gasteiger partial charge >= 0.3 is 0 Å². The van der Waals surface area contributed by atoms with Crippen molar-refractivity contribution in [3.63, 3.8) is 0 Å². The number of halogens is 3. The SMILES string of the molecule is CNCc1csc(-c2c(F)ccc(Br)c2F)c1. The Labute approximate surface area is 111 Å². The van der Waals surface area contributed by atoms with Crippen molar-refractivity contribution in [3.05, 3.63) is 45.2 Å². The lowest BCUT2D eigenvalue weighted by molar-refractivity contribution is 0.586. The molecule has 2 aromatic rings. The Morgan fingerprint density at radius 1 is 1.35 bits per heavy atom. The van der Waals surface area contributed by atoms with Crippen molar-refractivity contribution in [1.82, 2.24) is 5.32 Å². The van der Waals surface area contributed by atoms with E-state index in [-0.39, 0.29) is 10.0 Å². The van der Waals surface area contributed by atoms with Gasteiger partial charge in [0.05, 0.1) is 10.0 Å². The quantitative estimate of drug-likeness (QED) is 0.838. The zero-order chi connectivity index (χ0) is 12.4. The minimum atomic E-state index is -0.553. The van der Waals surface area contributed by atoms with Gasteiger partial charge in [-0.1, -0.05) is 0 Å². The zero-order valence-electron chi connectivity index (χ0n) is 9.06. The maximum Gasteiger partial charge on any atom is 0.148 e. The van der Waals surface area contributed by atoms with Crippen LogP contribution >= 0.6 is 27.3 Å². The lowest BCUT2D eigenvalue weighted by Gasteiger charge is -2.03. The molecular weight excluding hydrogens is 308 g/mol. The maximum atomic E-state index is 13.8. The number of hydrogen-bond donors (Lipinski definition) is 1. The van der Waals surface area contributed by atoms with Gasteiger partial charge in [0.25, 0.3) is 0 Å². The molecule has 0 unspecified atom stereocenters. The van der Waals surface area contributed by atoms with Crippen LogP contribution in [0.25, 0.3) is 10.4 Å². The van der Waals surface area contributed by atoms with Crippen LogP contribution in [-0.2, 0) is 6.54 Å². The predicted octanol–water partition coefficient (Wildman–Crippen LogP) is 4.18. The molecule has 0 bridgehead atoms. The summed E-state index contributed by atoms with van der Waals surface area (Å²) in [6, 6.07) is 4.44. The van der Waals surface area contributed by atoms with E-state index in [1.807, 2.05) is 12.4 Å². The fraction of sp³-hybridized carbons (Fsp3) is 0.167. The van der Waals surface area contributed by atoms with Crippen LogP contribution in [0.5, 0.6) is 0 Å². The van der Waals surface area contributed by atoms with Crippen molar-refractivity contribution < 1.29 is 8.78 Å². The Kier molecular flexibility index (Phi) is 3.91. The van der Waals surface area contributed by atoms with Crippen molar-refractivity contribution in [3.8, 4) is 10.4 Å². The minimum Gasteiger partial charge on any atom is -0.316 e. The third-order valence-electron chi connectivity index (χ3n) is 2.33. The summed E-state index contributed by atoms with van der Waals surface area (Å²) in [6.07, 6.45) is 0. The Morgan fingerprint density at radius 2 is 2.12 bits per heavy atom. The molecule has 1 N–H and O–H groups in total. The van der Waals surface area contributed by atoms with Crippen molar-refractivity contribution in [1.29, 1.82) is 0 Å². The van der Waals surface area contributed by atoms with Gasteiger partial charge in [-0.15, -0.1) is 11.3 Å². The van der Waals surface area contributed by atoms with E-state index >= 15 is 0 Å². The molecule has 0 saturated heterocycles. The van der Waals surface area contributed by atoms with E-state index in [1.54, 1.807) is 6.07 Å². The van der Waals surface area contributed by atoms with Crippen LogP contribution in [0.2, 0.25) is 0 Å². The monoisotopic (exact) mass is 317 g/mol. The lowest BCUT2D eigenvalue weighted by Crippen LogP contribution is -2.03. The first-order valence-corrected chi connectivity index (χ1v) is 6.66. The normalized spacial score (nSPS) is 10.8. The third kappa shape index (κ3) is 2.56. The Morgan fingerprint density at radius 3 is 2.82 bits per heavy atom. The van der Waals surface area contributed by atoms with Crippen molar-refractivity contribution >= 4 is 27.3 Å². The molecule has 1 aromatic carbocycles. The molecule has 5 heteroatoms. The fourth-order valence-corrected chi connectivity index (χ4v) is 2.84. The Bertz CT molecular complexity index is 539. The van der Waals surface area contributed by atoms with Gasteiger partial charge in [-0.25, -0.2) is 8.78 Å². The molecule has 1 nitrogen and oxygen atoms in total. The van der Waals surface area contributed by atoms with Crippen molar-refractivity contribution in [2.75, 3.05) is 7.05 Å². The van der Waals surface area contributed by atoms with Gasteiger partial charge in [0.15, 0.2) is 0 Å². The molecule has 0 atom stereocenters. The first kappa shape index (κ1) is 12.7. The summed E-state index contributed by atoms with van der Waals surface area (Å²) in [7, 11) is 1.83. The van der Waals surface area contributed by atoms with Crippen LogP contribution in [0.1, 0.15) is 5.56 Å². The van der Waals surface area contributed by atoms with E-state index < -0.39 is 11.6 Å². The molecule has 90 valence electrons. The highest BCUT2D eigenvalue weighted by Gasteiger charge is 2.15. The van der Waals surface area contributed by atoms with Gasteiger partial charge in [-0.2, -0.15) is 0 Å². The molecule has 0 amide bonds. The summed E-state index contributed by atoms with van der Waals surface area (Å²) >= 11 is 4.40. The summed E-state index contributed by atoms with van der Waals surface area (Å²) in [6.45, 7) is 0.688. The Balaban J connectivity index is 2.48. The number of hydrogen-bond acceptors (Lipinski definition) is 2. The number of nitrogens with one attached hydrogen (secondary N) is 1. The second kappa shape index (κ2) is 5.25. The zero-order valence-corrected chi connectivity index (χ0v) is 11.5. The van der Waals surface area contributed by atoms with E-state index in [1.165, 1.54) is 23.5 Å². The number of thiophene rings is 1. The molecule has 0 aliphatic rings. The van der Waals surface area contributed by atoms with Crippen molar-refractivity contribution in [2.24, 2.45) is 0 Å². The molecule has 17 heavy (non-hydrogen) atoms. The highest BCUT2D eigenvalue weighted by Crippen LogP contribution is 2.34. The highest BCUT2D eigenvalue weighted by molar-refractivity contribution is 9.10. The average molecular weight is 318 g/mol. The maximum absolute atomic E-state index is 13.8. The van der Waals surface area contributed by atoms with E-state index in [9.17, 15) is 8.78 Å². The topological polar surface area (TPSA) is 12.0 Å². The van der Waals surface area contributed by atoms with Crippen LogP contribution < -0.4 is 5.32 Å². The van der Waals surface area contributed by atoms with E-state index in [0.29, 0.717) is 11.4 Å². The molecule has 1 aromatic heterocycles. The molecule has 0 radical (unpaired) electrons. The summed E-state index contributed by atoms with van der Waals surface area (Å²) in [5, 5.41) is 4.89. The lowest BCUT2D eigenvalue weighted by atomic mass is 10.1. The molecular formula is C12H10BrF2NS. The minimum absolute atomic E-state index is 0.0340. The molecule has 0 spiro atoms. The predicted molar refractivity (Wildman–Crippen MR) is 70.1 cm³/mol. The van der Waals surface area contributed by atoms with Crippen LogP contribution in [0.3, 0.4) is 0 Å². The van der Waals surface area contributed by atoms with Gasteiger partial charge in [-0.05, 0) is 52.1 Å². The highest BCUT2D eigenvalue weighted by atomic mass is 79.9. The number of benzene rings is 1. The van der Waals surface area contributed by atoms with E-state index in [4.69, 9.17) is 0 Å². The van der Waals surface area contributed by atoms with Gasteiger partial charge in [-0.3, -0.25) is 0 Å². The summed E-state index contributed by atoms with van der Waals surface area (Å²) in [4.78, 5) is 0.603. The first-order valence-electron chi connectivity index (χ1n) is 4.99. The van der Waals surface area contributed by atoms with Crippen LogP contribution in [0, 0.1) is 11.6 Å². The fourth-order valence-electron chi connectivity index (χ4n) is 1.56. The molecule has 1 heterocycles. The molecule has 2 rings (SSSR count). The smallest absolute Gasteiger partial charge is 0.148 e. The summed E-state index contributed by atoms with van der Waals surface area (Å²) in [5.41, 5.74) is 1.05. The van der Waals surface area contributed by atoms with Gasteiger partial charge < -0.3 is 5.32 Å². The average Bonchev–Trinajstić information content (AvgIpc) is 2.73. The van der Waals surface area contributed by atoms with Gasteiger partial charge in [0.1, 0.15) is 11.6 Å². The second-order valence-corrected chi connectivity index (χ2v) is 5.33. The van der Waals surface area contributed by atoms with Gasteiger partial charge in [0, 0.05) is 11.4 Å². The third-order valence-corrected chi connectivity index (χ3v) is 3.93. The van der Waals surface area contributed by atoms with Crippen LogP contribution in [0.15, 0.2) is 28.1 Å². The molecule has 0 aliphatic heterocycles. The van der Waals surface area contributed by atoms with Crippen LogP contribution in [-0.4, -0.2) is 7.05 Å². The summed E-state index contributed by atoms with van der Waals surface area (Å²) in [5.74, 6) is -1.09. The largest absolute Gasteiger partial charge is 0.316 e. The van der Waals surface area contributed by atoms with E-state index in [0.717, 1.165) is 5.56 Å². The molecule has 0 fully saturated rings. The van der Waals surface area contributed by atoms with Gasteiger partial charge in [0.2, 0.25) is 0 Å². The van der Waals surface area contributed by atoms with E-state index in [2.05, 4.69) is 21.2 Å². The van der Waals surface area contributed by atoms with Crippen molar-refractivity contribution in [2.45, 2.75) is 6.54 Å². The summed E-state index contributed by atoms with van der Waals surface area (Å²) < 4.78 is 27.8. The molecule has 0 aliphatic carbocycles.